The van der Waals surface area contributed by atoms with Gasteiger partial charge in [-0.3, -0.25) is 9.67 Å². The van der Waals surface area contributed by atoms with Crippen LogP contribution >= 0.6 is 11.6 Å². The molecule has 0 atom stereocenters. The van der Waals surface area contributed by atoms with Gasteiger partial charge >= 0.3 is 0 Å². The maximum Gasteiger partial charge on any atom is 0.191 e. The van der Waals surface area contributed by atoms with Crippen molar-refractivity contribution in [1.29, 1.82) is 0 Å². The van der Waals surface area contributed by atoms with Gasteiger partial charge in [-0.1, -0.05) is 11.6 Å². The van der Waals surface area contributed by atoms with E-state index in [1.807, 2.05) is 24.3 Å². The number of hydrogen-bond donors (Lipinski definition) is 1. The van der Waals surface area contributed by atoms with Gasteiger partial charge in [0.1, 0.15) is 12.7 Å². The van der Waals surface area contributed by atoms with E-state index in [2.05, 4.69) is 24.9 Å². The van der Waals surface area contributed by atoms with E-state index < -0.39 is 0 Å². The fraction of sp³-hybridized carbons (Fsp3) is 0.400. The molecule has 0 unspecified atom stereocenters. The maximum absolute atomic E-state index is 6.09. The number of rotatable bonds is 4. The number of guanidine groups is 1. The van der Waals surface area contributed by atoms with Crippen LogP contribution in [0.1, 0.15) is 0 Å². The highest BCUT2D eigenvalue weighted by molar-refractivity contribution is 6.30. The van der Waals surface area contributed by atoms with E-state index in [0.717, 1.165) is 31.2 Å². The van der Waals surface area contributed by atoms with Crippen LogP contribution in [0.2, 0.25) is 5.02 Å². The molecule has 1 aliphatic rings. The summed E-state index contributed by atoms with van der Waals surface area (Å²) in [5, 5.41) is 4.80. The quantitative estimate of drug-likeness (QED) is 0.669. The molecule has 8 heteroatoms. The Kier molecular flexibility index (Phi) is 4.97. The average molecular weight is 334 g/mol. The monoisotopic (exact) mass is 333 g/mol. The fourth-order valence-corrected chi connectivity index (χ4v) is 2.69. The molecule has 3 rings (SSSR count). The smallest absolute Gasteiger partial charge is 0.191 e. The zero-order chi connectivity index (χ0) is 16.1. The van der Waals surface area contributed by atoms with Crippen molar-refractivity contribution in [2.75, 3.05) is 37.6 Å². The van der Waals surface area contributed by atoms with Crippen LogP contribution in [0.4, 0.5) is 5.69 Å². The van der Waals surface area contributed by atoms with Gasteiger partial charge in [0.25, 0.3) is 0 Å². The molecule has 2 aromatic rings. The molecule has 1 saturated heterocycles. The average Bonchev–Trinajstić information content (AvgIpc) is 3.09. The summed E-state index contributed by atoms with van der Waals surface area (Å²) in [6.07, 6.45) is 3.19. The molecule has 0 spiro atoms. The Balaban J connectivity index is 1.48. The molecule has 122 valence electrons. The van der Waals surface area contributed by atoms with E-state index >= 15 is 0 Å². The van der Waals surface area contributed by atoms with Crippen LogP contribution < -0.4 is 10.6 Å². The number of aliphatic imine (C=N–C) groups is 1. The molecule has 0 radical (unpaired) electrons. The number of benzene rings is 1. The van der Waals surface area contributed by atoms with Crippen molar-refractivity contribution < 1.29 is 0 Å². The van der Waals surface area contributed by atoms with Crippen LogP contribution in [0.3, 0.4) is 0 Å². The number of aromatic nitrogens is 3. The van der Waals surface area contributed by atoms with Crippen molar-refractivity contribution >= 4 is 23.2 Å². The summed E-state index contributed by atoms with van der Waals surface area (Å²) in [6, 6.07) is 7.94. The summed E-state index contributed by atoms with van der Waals surface area (Å²) in [6.45, 7) is 4.85. The number of halogens is 1. The van der Waals surface area contributed by atoms with Crippen molar-refractivity contribution in [3.8, 4) is 0 Å². The third-order valence-electron chi connectivity index (χ3n) is 3.86. The van der Waals surface area contributed by atoms with Crippen molar-refractivity contribution in [3.05, 3.63) is 41.9 Å². The summed E-state index contributed by atoms with van der Waals surface area (Å²) < 4.78 is 1.75. The SMILES string of the molecule is NC(=NCCn1cncn1)N1CCN(c2ccc(Cl)cc2)CC1. The van der Waals surface area contributed by atoms with E-state index in [1.54, 1.807) is 11.0 Å². The number of nitrogens with zero attached hydrogens (tertiary/aromatic N) is 6. The van der Waals surface area contributed by atoms with Gasteiger partial charge in [-0.2, -0.15) is 5.10 Å². The van der Waals surface area contributed by atoms with Crippen LogP contribution in [0.15, 0.2) is 41.9 Å². The second-order valence-corrected chi connectivity index (χ2v) is 5.79. The van der Waals surface area contributed by atoms with Gasteiger partial charge in [0.15, 0.2) is 5.96 Å². The van der Waals surface area contributed by atoms with E-state index in [4.69, 9.17) is 17.3 Å². The van der Waals surface area contributed by atoms with Crippen molar-refractivity contribution in [3.63, 3.8) is 0 Å². The van der Waals surface area contributed by atoms with Gasteiger partial charge in [-0.05, 0) is 24.3 Å². The lowest BCUT2D eigenvalue weighted by Gasteiger charge is -2.36. The molecule has 1 fully saturated rings. The Morgan fingerprint density at radius 1 is 1.17 bits per heavy atom. The van der Waals surface area contributed by atoms with E-state index in [1.165, 1.54) is 12.0 Å². The Hall–Kier alpha value is -2.28. The summed E-state index contributed by atoms with van der Waals surface area (Å²) in [5.74, 6) is 0.598. The Morgan fingerprint density at radius 3 is 2.57 bits per heavy atom. The lowest BCUT2D eigenvalue weighted by molar-refractivity contribution is 0.380. The van der Waals surface area contributed by atoms with Crippen molar-refractivity contribution in [2.24, 2.45) is 10.7 Å². The van der Waals surface area contributed by atoms with Crippen LogP contribution in [-0.4, -0.2) is 58.3 Å². The largest absolute Gasteiger partial charge is 0.370 e. The van der Waals surface area contributed by atoms with Crippen molar-refractivity contribution in [2.45, 2.75) is 6.54 Å². The third-order valence-corrected chi connectivity index (χ3v) is 4.12. The minimum Gasteiger partial charge on any atom is -0.370 e. The molecule has 2 heterocycles. The van der Waals surface area contributed by atoms with Gasteiger partial charge in [0.05, 0.1) is 13.1 Å². The predicted octanol–water partition coefficient (Wildman–Crippen LogP) is 1.07. The summed E-state index contributed by atoms with van der Waals surface area (Å²) in [4.78, 5) is 12.8. The molecule has 2 N–H and O–H groups in total. The number of hydrogen-bond acceptors (Lipinski definition) is 4. The first-order valence-corrected chi connectivity index (χ1v) is 7.98. The van der Waals surface area contributed by atoms with E-state index in [-0.39, 0.29) is 0 Å². The predicted molar refractivity (Wildman–Crippen MR) is 91.7 cm³/mol. The molecular weight excluding hydrogens is 314 g/mol. The molecular formula is C15H20ClN7. The molecule has 1 aromatic heterocycles. The molecule has 1 aliphatic heterocycles. The minimum atomic E-state index is 0.598. The second kappa shape index (κ2) is 7.32. The molecule has 0 saturated carbocycles. The zero-order valence-electron chi connectivity index (χ0n) is 12.8. The van der Waals surface area contributed by atoms with Crippen LogP contribution in [0.5, 0.6) is 0 Å². The van der Waals surface area contributed by atoms with Gasteiger partial charge < -0.3 is 15.5 Å². The fourth-order valence-electron chi connectivity index (χ4n) is 2.56. The highest BCUT2D eigenvalue weighted by Crippen LogP contribution is 2.19. The van der Waals surface area contributed by atoms with Crippen LogP contribution in [0, 0.1) is 0 Å². The highest BCUT2D eigenvalue weighted by atomic mass is 35.5. The zero-order valence-corrected chi connectivity index (χ0v) is 13.6. The Labute approximate surface area is 140 Å². The normalized spacial score (nSPS) is 16.0. The molecule has 7 nitrogen and oxygen atoms in total. The van der Waals surface area contributed by atoms with Crippen LogP contribution in [-0.2, 0) is 6.54 Å². The Bertz CT molecular complexity index is 630. The van der Waals surface area contributed by atoms with Gasteiger partial charge in [0.2, 0.25) is 0 Å². The van der Waals surface area contributed by atoms with Crippen molar-refractivity contribution in [1.82, 2.24) is 19.7 Å². The first-order chi connectivity index (χ1) is 11.2. The van der Waals surface area contributed by atoms with E-state index in [0.29, 0.717) is 19.0 Å². The second-order valence-electron chi connectivity index (χ2n) is 5.35. The maximum atomic E-state index is 6.09. The number of piperazine rings is 1. The molecule has 0 amide bonds. The lowest BCUT2D eigenvalue weighted by atomic mass is 10.2. The number of nitrogens with two attached hydrogens (primary N) is 1. The van der Waals surface area contributed by atoms with Crippen LogP contribution in [0.25, 0.3) is 0 Å². The molecule has 0 aliphatic carbocycles. The highest BCUT2D eigenvalue weighted by Gasteiger charge is 2.18. The van der Waals surface area contributed by atoms with Gasteiger partial charge in [-0.25, -0.2) is 4.98 Å². The topological polar surface area (TPSA) is 75.6 Å². The molecule has 1 aromatic carbocycles. The van der Waals surface area contributed by atoms with Gasteiger partial charge in [0, 0.05) is 36.9 Å². The first kappa shape index (κ1) is 15.6. The van der Waals surface area contributed by atoms with E-state index in [9.17, 15) is 0 Å². The minimum absolute atomic E-state index is 0.598. The van der Waals surface area contributed by atoms with Gasteiger partial charge in [-0.15, -0.1) is 0 Å². The molecule has 23 heavy (non-hydrogen) atoms. The summed E-state index contributed by atoms with van der Waals surface area (Å²) >= 11 is 5.93. The third kappa shape index (κ3) is 4.13. The summed E-state index contributed by atoms with van der Waals surface area (Å²) in [5.41, 5.74) is 7.28. The number of anilines is 1. The molecule has 0 bridgehead atoms. The Morgan fingerprint density at radius 2 is 1.91 bits per heavy atom. The lowest BCUT2D eigenvalue weighted by Crippen LogP contribution is -2.51. The summed E-state index contributed by atoms with van der Waals surface area (Å²) in [7, 11) is 0. The standard InChI is InChI=1S/C15H20ClN7/c16-13-1-3-14(4-2-13)21-7-9-22(10-8-21)15(17)19-5-6-23-12-18-11-20-23/h1-4,11-12H,5-10H2,(H2,17,19). The first-order valence-electron chi connectivity index (χ1n) is 7.60.